The summed E-state index contributed by atoms with van der Waals surface area (Å²) in [6.45, 7) is 1.81. The quantitative estimate of drug-likeness (QED) is 0.410. The number of aliphatic hydroxyl groups is 1. The number of hydrogen-bond donors (Lipinski definition) is 5. The summed E-state index contributed by atoms with van der Waals surface area (Å²) < 4.78 is 11.1. The van der Waals surface area contributed by atoms with E-state index < -0.39 is 29.0 Å². The number of aromatic hydroxyl groups is 4. The van der Waals surface area contributed by atoms with Crippen molar-refractivity contribution in [3.63, 3.8) is 0 Å². The zero-order valence-corrected chi connectivity index (χ0v) is 14.1. The van der Waals surface area contributed by atoms with Crippen molar-refractivity contribution >= 4 is 11.0 Å². The van der Waals surface area contributed by atoms with Crippen molar-refractivity contribution in [3.8, 4) is 40.1 Å². The molecule has 140 valence electrons. The van der Waals surface area contributed by atoms with Crippen LogP contribution in [0, 0.1) is 0 Å². The molecular formula is C19H16O8. The van der Waals surface area contributed by atoms with Crippen LogP contribution in [0.15, 0.2) is 33.5 Å². The number of benzene rings is 2. The van der Waals surface area contributed by atoms with Crippen molar-refractivity contribution in [1.29, 1.82) is 0 Å². The summed E-state index contributed by atoms with van der Waals surface area (Å²) >= 11 is 0. The average molecular weight is 372 g/mol. The minimum atomic E-state index is -1.05. The Morgan fingerprint density at radius 2 is 1.78 bits per heavy atom. The Hall–Kier alpha value is -3.39. The lowest BCUT2D eigenvalue weighted by molar-refractivity contribution is -0.0374. The molecule has 1 aromatic heterocycles. The molecule has 3 aromatic rings. The maximum absolute atomic E-state index is 12.7. The van der Waals surface area contributed by atoms with E-state index in [-0.39, 0.29) is 46.1 Å². The van der Waals surface area contributed by atoms with Gasteiger partial charge in [0, 0.05) is 23.6 Å². The Bertz CT molecular complexity index is 1130. The minimum absolute atomic E-state index is 0.0229. The van der Waals surface area contributed by atoms with Crippen LogP contribution in [-0.4, -0.2) is 31.8 Å². The van der Waals surface area contributed by atoms with Crippen molar-refractivity contribution in [2.24, 2.45) is 0 Å². The molecule has 2 aromatic carbocycles. The van der Waals surface area contributed by atoms with Gasteiger partial charge in [0.25, 0.3) is 0 Å². The molecule has 0 radical (unpaired) electrons. The van der Waals surface area contributed by atoms with Gasteiger partial charge in [-0.15, -0.1) is 0 Å². The molecule has 8 nitrogen and oxygen atoms in total. The third kappa shape index (κ3) is 2.53. The Balaban J connectivity index is 2.08. The van der Waals surface area contributed by atoms with Gasteiger partial charge in [0.15, 0.2) is 23.5 Å². The van der Waals surface area contributed by atoms with Gasteiger partial charge in [0.1, 0.15) is 22.5 Å². The number of fused-ring (bicyclic) bond motifs is 3. The molecule has 4 rings (SSSR count). The van der Waals surface area contributed by atoms with Crippen molar-refractivity contribution in [2.75, 3.05) is 0 Å². The first-order chi connectivity index (χ1) is 12.8. The van der Waals surface area contributed by atoms with Crippen LogP contribution in [0.3, 0.4) is 0 Å². The number of phenols is 3. The summed E-state index contributed by atoms with van der Waals surface area (Å²) in [6.07, 6.45) is -0.797. The van der Waals surface area contributed by atoms with Gasteiger partial charge in [-0.25, -0.2) is 0 Å². The van der Waals surface area contributed by atoms with Crippen molar-refractivity contribution < 1.29 is 34.7 Å². The fourth-order valence-corrected chi connectivity index (χ4v) is 3.37. The topological polar surface area (TPSA) is 141 Å². The number of ether oxygens (including phenoxy) is 1. The number of hydrogen-bond acceptors (Lipinski definition) is 8. The monoisotopic (exact) mass is 372 g/mol. The van der Waals surface area contributed by atoms with E-state index in [2.05, 4.69) is 0 Å². The molecule has 0 saturated heterocycles. The third-order valence-corrected chi connectivity index (χ3v) is 4.67. The molecule has 1 aliphatic rings. The lowest BCUT2D eigenvalue weighted by Crippen LogP contribution is -2.24. The lowest BCUT2D eigenvalue weighted by Gasteiger charge is -2.28. The molecule has 0 fully saturated rings. The zero-order valence-electron chi connectivity index (χ0n) is 14.1. The predicted molar refractivity (Wildman–Crippen MR) is 94.2 cm³/mol. The maximum atomic E-state index is 12.7. The van der Waals surface area contributed by atoms with Crippen LogP contribution in [0.2, 0.25) is 0 Å². The molecule has 0 amide bonds. The van der Waals surface area contributed by atoms with Crippen molar-refractivity contribution in [1.82, 2.24) is 0 Å². The zero-order chi connectivity index (χ0) is 19.5. The molecule has 0 bridgehead atoms. The Morgan fingerprint density at radius 1 is 1.04 bits per heavy atom. The van der Waals surface area contributed by atoms with E-state index in [1.165, 1.54) is 18.2 Å². The minimum Gasteiger partial charge on any atom is -0.507 e. The van der Waals surface area contributed by atoms with Gasteiger partial charge < -0.3 is 34.7 Å². The van der Waals surface area contributed by atoms with E-state index >= 15 is 0 Å². The van der Waals surface area contributed by atoms with Gasteiger partial charge in [0.2, 0.25) is 11.2 Å². The van der Waals surface area contributed by atoms with Crippen molar-refractivity contribution in [3.05, 3.63) is 40.1 Å². The molecule has 5 N–H and O–H groups in total. The van der Waals surface area contributed by atoms with E-state index in [0.29, 0.717) is 5.56 Å². The predicted octanol–water partition coefficient (Wildman–Crippen LogP) is 2.49. The summed E-state index contributed by atoms with van der Waals surface area (Å²) in [5.74, 6) is -2.31. The second-order valence-electron chi connectivity index (χ2n) is 6.53. The van der Waals surface area contributed by atoms with Gasteiger partial charge in [-0.05, 0) is 24.1 Å². The standard InChI is InChI=1S/C19H16O8/c1-7-4-13(23)26-12-6-11(22)15-16(24)17(25)18(27-19(15)14(7)12)8-2-3-9(20)10(21)5-8/h2-3,5-7,13,20-23,25H,4H2,1H3. The van der Waals surface area contributed by atoms with Crippen LogP contribution in [-0.2, 0) is 0 Å². The van der Waals surface area contributed by atoms with Crippen molar-refractivity contribution in [2.45, 2.75) is 25.6 Å². The van der Waals surface area contributed by atoms with E-state index in [4.69, 9.17) is 9.15 Å². The molecule has 2 atom stereocenters. The van der Waals surface area contributed by atoms with E-state index in [0.717, 1.165) is 6.07 Å². The second kappa shape index (κ2) is 5.82. The molecule has 27 heavy (non-hydrogen) atoms. The summed E-state index contributed by atoms with van der Waals surface area (Å²) in [6, 6.07) is 4.89. The van der Waals surface area contributed by atoms with Crippen LogP contribution < -0.4 is 10.2 Å². The van der Waals surface area contributed by atoms with Crippen LogP contribution >= 0.6 is 0 Å². The molecule has 0 aliphatic carbocycles. The Labute approximate surface area is 152 Å². The first kappa shape index (κ1) is 17.0. The highest BCUT2D eigenvalue weighted by Gasteiger charge is 2.31. The van der Waals surface area contributed by atoms with Crippen LogP contribution in [0.1, 0.15) is 24.8 Å². The van der Waals surface area contributed by atoms with Gasteiger partial charge in [-0.3, -0.25) is 4.79 Å². The fourth-order valence-electron chi connectivity index (χ4n) is 3.37. The molecule has 0 spiro atoms. The third-order valence-electron chi connectivity index (χ3n) is 4.67. The second-order valence-corrected chi connectivity index (χ2v) is 6.53. The first-order valence-corrected chi connectivity index (χ1v) is 8.20. The summed E-state index contributed by atoms with van der Waals surface area (Å²) in [5.41, 5.74) is -0.190. The Morgan fingerprint density at radius 3 is 2.48 bits per heavy atom. The van der Waals surface area contributed by atoms with Crippen LogP contribution in [0.25, 0.3) is 22.3 Å². The smallest absolute Gasteiger partial charge is 0.238 e. The van der Waals surface area contributed by atoms with Gasteiger partial charge in [-0.1, -0.05) is 6.92 Å². The van der Waals surface area contributed by atoms with E-state index in [9.17, 15) is 30.3 Å². The highest BCUT2D eigenvalue weighted by atomic mass is 16.6. The normalized spacial score (nSPS) is 18.9. The molecular weight excluding hydrogens is 356 g/mol. The fraction of sp³-hybridized carbons (Fsp3) is 0.211. The van der Waals surface area contributed by atoms with Gasteiger partial charge >= 0.3 is 0 Å². The van der Waals surface area contributed by atoms with Gasteiger partial charge in [0.05, 0.1) is 0 Å². The SMILES string of the molecule is CC1CC(O)Oc2cc(O)c3c(=O)c(O)c(-c4ccc(O)c(O)c4)oc3c21. The molecule has 0 saturated carbocycles. The average Bonchev–Trinajstić information content (AvgIpc) is 2.59. The number of rotatable bonds is 1. The molecule has 1 aliphatic heterocycles. The maximum Gasteiger partial charge on any atom is 0.238 e. The van der Waals surface area contributed by atoms with Gasteiger partial charge in [-0.2, -0.15) is 0 Å². The molecule has 2 heterocycles. The molecule has 8 heteroatoms. The first-order valence-electron chi connectivity index (χ1n) is 8.20. The number of phenolic OH excluding ortho intramolecular Hbond substituents is 3. The summed E-state index contributed by atoms with van der Waals surface area (Å²) in [5, 5.41) is 49.3. The highest BCUT2D eigenvalue weighted by molar-refractivity contribution is 5.91. The highest BCUT2D eigenvalue weighted by Crippen LogP contribution is 2.45. The lowest BCUT2D eigenvalue weighted by atomic mass is 9.91. The largest absolute Gasteiger partial charge is 0.507 e. The number of aliphatic hydroxyl groups excluding tert-OH is 1. The van der Waals surface area contributed by atoms with Crippen LogP contribution in [0.5, 0.6) is 28.7 Å². The summed E-state index contributed by atoms with van der Waals surface area (Å²) in [7, 11) is 0. The van der Waals surface area contributed by atoms with E-state index in [1.54, 1.807) is 6.92 Å². The summed E-state index contributed by atoms with van der Waals surface area (Å²) in [4.78, 5) is 12.7. The molecule has 2 unspecified atom stereocenters. The van der Waals surface area contributed by atoms with Crippen LogP contribution in [0.4, 0.5) is 0 Å². The van der Waals surface area contributed by atoms with E-state index in [1.807, 2.05) is 0 Å². The Kier molecular flexibility index (Phi) is 3.67.